The maximum Gasteiger partial charge on any atom is 0.156 e. The van der Waals surface area contributed by atoms with Gasteiger partial charge in [0.1, 0.15) is 6.33 Å². The van der Waals surface area contributed by atoms with Crippen molar-refractivity contribution in [3.8, 4) is 0 Å². The Morgan fingerprint density at radius 3 is 2.24 bits per heavy atom. The van der Waals surface area contributed by atoms with Crippen LogP contribution in [0, 0.1) is 0 Å². The smallest absolute Gasteiger partial charge is 0.156 e. The Bertz CT molecular complexity index is 509. The highest BCUT2D eigenvalue weighted by atomic mass is 32.2. The third kappa shape index (κ3) is 1.58. The molecule has 3 heterocycles. The first-order valence-corrected chi connectivity index (χ1v) is 7.34. The first kappa shape index (κ1) is 11.1. The minimum atomic E-state index is -3.01. The van der Waals surface area contributed by atoms with Crippen LogP contribution >= 0.6 is 0 Å². The molecular weight excluding hydrogens is 240 g/mol. The number of nitrogens with zero attached hydrogens (tertiary/aromatic N) is 2. The van der Waals surface area contributed by atoms with E-state index in [1.54, 1.807) is 12.4 Å². The van der Waals surface area contributed by atoms with Gasteiger partial charge in [-0.25, -0.2) is 18.4 Å². The first-order chi connectivity index (χ1) is 8.02. The van der Waals surface area contributed by atoms with Gasteiger partial charge >= 0.3 is 0 Å². The zero-order chi connectivity index (χ0) is 12.1. The van der Waals surface area contributed by atoms with Crippen LogP contribution in [0.5, 0.6) is 0 Å². The number of aliphatic hydroxyl groups is 1. The van der Waals surface area contributed by atoms with Gasteiger partial charge in [0, 0.05) is 18.0 Å². The van der Waals surface area contributed by atoms with Gasteiger partial charge in [-0.1, -0.05) is 0 Å². The van der Waals surface area contributed by atoms with Crippen LogP contribution in [0.2, 0.25) is 0 Å². The largest absolute Gasteiger partial charge is 0.385 e. The second-order valence-electron chi connectivity index (χ2n) is 4.98. The summed E-state index contributed by atoms with van der Waals surface area (Å²) in [6.07, 6.45) is 6.44. The molecule has 2 aliphatic heterocycles. The standard InChI is InChI=1S/C11H14N2O3S/c14-11(8-5-12-7-13-6-8)3-9-1-2-10(4-11)17(9,15)16/h5-7,9-10,14H,1-4H2. The summed E-state index contributed by atoms with van der Waals surface area (Å²) in [5.74, 6) is 0. The average molecular weight is 254 g/mol. The minimum absolute atomic E-state index is 0.277. The van der Waals surface area contributed by atoms with Crippen molar-refractivity contribution in [3.63, 3.8) is 0 Å². The van der Waals surface area contributed by atoms with Crippen LogP contribution in [0.1, 0.15) is 31.2 Å². The quantitative estimate of drug-likeness (QED) is 0.785. The van der Waals surface area contributed by atoms with E-state index < -0.39 is 25.9 Å². The van der Waals surface area contributed by atoms with E-state index >= 15 is 0 Å². The molecule has 2 saturated heterocycles. The molecule has 2 bridgehead atoms. The number of hydrogen-bond acceptors (Lipinski definition) is 5. The van der Waals surface area contributed by atoms with Crippen molar-refractivity contribution in [1.82, 2.24) is 9.97 Å². The van der Waals surface area contributed by atoms with E-state index in [0.717, 1.165) is 0 Å². The normalized spacial score (nSPS) is 39.1. The molecule has 0 spiro atoms. The summed E-state index contributed by atoms with van der Waals surface area (Å²) in [7, 11) is -3.01. The van der Waals surface area contributed by atoms with Gasteiger partial charge in [0.25, 0.3) is 0 Å². The van der Waals surface area contributed by atoms with Gasteiger partial charge < -0.3 is 5.11 Å². The third-order valence-electron chi connectivity index (χ3n) is 3.97. The molecule has 2 aliphatic rings. The van der Waals surface area contributed by atoms with Crippen molar-refractivity contribution in [2.45, 2.75) is 41.8 Å². The molecule has 0 radical (unpaired) electrons. The summed E-state index contributed by atoms with van der Waals surface area (Å²) >= 11 is 0. The SMILES string of the molecule is O=S1(=O)C2CCC1CC(O)(c1cncnc1)C2. The molecule has 2 fully saturated rings. The van der Waals surface area contributed by atoms with Crippen LogP contribution in [0.25, 0.3) is 0 Å². The first-order valence-electron chi connectivity index (χ1n) is 5.73. The van der Waals surface area contributed by atoms with Gasteiger partial charge in [-0.3, -0.25) is 0 Å². The summed E-state index contributed by atoms with van der Waals surface area (Å²) in [6.45, 7) is 0. The molecule has 92 valence electrons. The molecule has 1 aromatic rings. The van der Waals surface area contributed by atoms with E-state index in [1.165, 1.54) is 6.33 Å². The Labute approximate surface area is 99.8 Å². The Kier molecular flexibility index (Phi) is 2.28. The molecule has 1 N–H and O–H groups in total. The van der Waals surface area contributed by atoms with E-state index in [4.69, 9.17) is 0 Å². The van der Waals surface area contributed by atoms with Crippen molar-refractivity contribution in [1.29, 1.82) is 0 Å². The Morgan fingerprint density at radius 1 is 1.18 bits per heavy atom. The van der Waals surface area contributed by atoms with Crippen LogP contribution in [0.15, 0.2) is 18.7 Å². The van der Waals surface area contributed by atoms with Crippen molar-refractivity contribution >= 4 is 9.84 Å². The number of aromatic nitrogens is 2. The fraction of sp³-hybridized carbons (Fsp3) is 0.636. The van der Waals surface area contributed by atoms with Crippen molar-refractivity contribution < 1.29 is 13.5 Å². The van der Waals surface area contributed by atoms with E-state index in [0.29, 0.717) is 18.4 Å². The second kappa shape index (κ2) is 3.49. The maximum atomic E-state index is 12.0. The zero-order valence-electron chi connectivity index (χ0n) is 9.28. The predicted octanol–water partition coefficient (Wildman–Crippen LogP) is 0.404. The van der Waals surface area contributed by atoms with Gasteiger partial charge in [0.15, 0.2) is 9.84 Å². The molecule has 0 aliphatic carbocycles. The zero-order valence-corrected chi connectivity index (χ0v) is 10.1. The van der Waals surface area contributed by atoms with Crippen molar-refractivity contribution in [3.05, 3.63) is 24.3 Å². The molecule has 17 heavy (non-hydrogen) atoms. The Hall–Kier alpha value is -1.01. The average Bonchev–Trinajstić information content (AvgIpc) is 2.52. The molecule has 0 amide bonds. The molecular formula is C11H14N2O3S. The van der Waals surface area contributed by atoms with Gasteiger partial charge in [-0.15, -0.1) is 0 Å². The predicted molar refractivity (Wildman–Crippen MR) is 60.9 cm³/mol. The summed E-state index contributed by atoms with van der Waals surface area (Å²) in [4.78, 5) is 7.78. The molecule has 3 rings (SSSR count). The van der Waals surface area contributed by atoms with Crippen LogP contribution in [-0.2, 0) is 15.4 Å². The molecule has 2 atom stereocenters. The molecule has 0 aromatic carbocycles. The summed E-state index contributed by atoms with van der Waals surface area (Å²) in [5, 5.41) is 9.82. The molecule has 1 aromatic heterocycles. The van der Waals surface area contributed by atoms with Crippen LogP contribution in [-0.4, -0.2) is 34.0 Å². The maximum absolute atomic E-state index is 12.0. The molecule has 5 nitrogen and oxygen atoms in total. The topological polar surface area (TPSA) is 80.2 Å². The van der Waals surface area contributed by atoms with E-state index in [1.807, 2.05) is 0 Å². The van der Waals surface area contributed by atoms with E-state index in [-0.39, 0.29) is 12.8 Å². The minimum Gasteiger partial charge on any atom is -0.385 e. The van der Waals surface area contributed by atoms with Gasteiger partial charge in [-0.2, -0.15) is 0 Å². The third-order valence-corrected chi connectivity index (χ3v) is 6.63. The Morgan fingerprint density at radius 2 is 1.71 bits per heavy atom. The lowest BCUT2D eigenvalue weighted by Crippen LogP contribution is -2.43. The van der Waals surface area contributed by atoms with Crippen molar-refractivity contribution in [2.75, 3.05) is 0 Å². The van der Waals surface area contributed by atoms with Crippen molar-refractivity contribution in [2.24, 2.45) is 0 Å². The second-order valence-corrected chi connectivity index (χ2v) is 7.49. The molecule has 0 saturated carbocycles. The highest BCUT2D eigenvalue weighted by Crippen LogP contribution is 2.47. The van der Waals surface area contributed by atoms with Gasteiger partial charge in [-0.05, 0) is 25.7 Å². The fourth-order valence-corrected chi connectivity index (χ4v) is 5.51. The van der Waals surface area contributed by atoms with Crippen LogP contribution in [0.4, 0.5) is 0 Å². The summed E-state index contributed by atoms with van der Waals surface area (Å²) in [5.41, 5.74) is -0.440. The lowest BCUT2D eigenvalue weighted by molar-refractivity contribution is 0.0166. The van der Waals surface area contributed by atoms with Gasteiger partial charge in [0.05, 0.1) is 16.1 Å². The van der Waals surface area contributed by atoms with Gasteiger partial charge in [0.2, 0.25) is 0 Å². The van der Waals surface area contributed by atoms with E-state index in [9.17, 15) is 13.5 Å². The lowest BCUT2D eigenvalue weighted by atomic mass is 9.88. The molecule has 6 heteroatoms. The molecule has 2 unspecified atom stereocenters. The van der Waals surface area contributed by atoms with E-state index in [2.05, 4.69) is 9.97 Å². The summed E-state index contributed by atoms with van der Waals surface area (Å²) < 4.78 is 23.9. The summed E-state index contributed by atoms with van der Waals surface area (Å²) in [6, 6.07) is 0. The van der Waals surface area contributed by atoms with Crippen LogP contribution in [0.3, 0.4) is 0 Å². The monoisotopic (exact) mass is 254 g/mol. The lowest BCUT2D eigenvalue weighted by Gasteiger charge is -2.35. The number of rotatable bonds is 1. The fourth-order valence-electron chi connectivity index (χ4n) is 3.02. The number of hydrogen-bond donors (Lipinski definition) is 1. The highest BCUT2D eigenvalue weighted by molar-refractivity contribution is 7.93. The highest BCUT2D eigenvalue weighted by Gasteiger charge is 2.53. The number of sulfone groups is 1. The van der Waals surface area contributed by atoms with Crippen LogP contribution < -0.4 is 0 Å². The Balaban J connectivity index is 1.99. The number of fused-ring (bicyclic) bond motifs is 2.